The molecule has 0 aromatic rings. The van der Waals surface area contributed by atoms with Gasteiger partial charge in [-0.3, -0.25) is 0 Å². The standard InChI is InChI=1S/C13H25N/c1-12(2)7-5-6-9(8-12)10-11(14)13(10,3)4/h9-11H,5-8,14H2,1-4H3. The maximum Gasteiger partial charge on any atom is 0.0130 e. The Morgan fingerprint density at radius 1 is 1.14 bits per heavy atom. The van der Waals surface area contributed by atoms with Crippen molar-refractivity contribution in [1.82, 2.24) is 0 Å². The lowest BCUT2D eigenvalue weighted by Crippen LogP contribution is -2.25. The molecule has 0 heterocycles. The highest BCUT2D eigenvalue weighted by atomic mass is 14.8. The van der Waals surface area contributed by atoms with Crippen molar-refractivity contribution in [2.75, 3.05) is 0 Å². The molecule has 0 bridgehead atoms. The van der Waals surface area contributed by atoms with Crippen LogP contribution in [0.1, 0.15) is 53.4 Å². The van der Waals surface area contributed by atoms with Gasteiger partial charge in [0.15, 0.2) is 0 Å². The molecule has 0 saturated heterocycles. The van der Waals surface area contributed by atoms with Crippen molar-refractivity contribution in [1.29, 1.82) is 0 Å². The third kappa shape index (κ3) is 1.60. The maximum atomic E-state index is 6.16. The molecule has 1 heteroatoms. The largest absolute Gasteiger partial charge is 0.327 e. The fraction of sp³-hybridized carbons (Fsp3) is 1.00. The second-order valence-corrected chi connectivity index (χ2v) is 6.89. The van der Waals surface area contributed by atoms with Crippen LogP contribution in [0, 0.1) is 22.7 Å². The molecule has 0 aliphatic heterocycles. The van der Waals surface area contributed by atoms with Gasteiger partial charge in [-0.2, -0.15) is 0 Å². The summed E-state index contributed by atoms with van der Waals surface area (Å²) in [5, 5.41) is 0. The molecule has 3 unspecified atom stereocenters. The molecule has 0 aromatic heterocycles. The van der Waals surface area contributed by atoms with Gasteiger partial charge in [-0.1, -0.05) is 40.5 Å². The molecule has 2 saturated carbocycles. The van der Waals surface area contributed by atoms with Gasteiger partial charge in [-0.25, -0.2) is 0 Å². The SMILES string of the molecule is CC1(C)CCCC(C2C(N)C2(C)C)C1. The predicted octanol–water partition coefficient (Wildman–Crippen LogP) is 3.19. The average molecular weight is 195 g/mol. The van der Waals surface area contributed by atoms with Crippen molar-refractivity contribution < 1.29 is 0 Å². The number of hydrogen-bond acceptors (Lipinski definition) is 1. The molecule has 0 spiro atoms. The Balaban J connectivity index is 2.00. The van der Waals surface area contributed by atoms with E-state index in [1.165, 1.54) is 25.7 Å². The molecule has 2 fully saturated rings. The first kappa shape index (κ1) is 10.5. The number of rotatable bonds is 1. The van der Waals surface area contributed by atoms with E-state index in [-0.39, 0.29) is 0 Å². The van der Waals surface area contributed by atoms with Crippen LogP contribution in [0.2, 0.25) is 0 Å². The Morgan fingerprint density at radius 2 is 1.71 bits per heavy atom. The van der Waals surface area contributed by atoms with Gasteiger partial charge in [-0.15, -0.1) is 0 Å². The summed E-state index contributed by atoms with van der Waals surface area (Å²) in [6.45, 7) is 9.51. The fourth-order valence-corrected chi connectivity index (χ4v) is 3.68. The highest BCUT2D eigenvalue weighted by molar-refractivity contribution is 5.12. The van der Waals surface area contributed by atoms with E-state index in [9.17, 15) is 0 Å². The minimum absolute atomic E-state index is 0.429. The van der Waals surface area contributed by atoms with Crippen molar-refractivity contribution in [2.24, 2.45) is 28.4 Å². The van der Waals surface area contributed by atoms with Crippen molar-refractivity contribution in [3.8, 4) is 0 Å². The van der Waals surface area contributed by atoms with Crippen molar-refractivity contribution >= 4 is 0 Å². The van der Waals surface area contributed by atoms with E-state index < -0.39 is 0 Å². The Morgan fingerprint density at radius 3 is 2.14 bits per heavy atom. The van der Waals surface area contributed by atoms with Crippen LogP contribution >= 0.6 is 0 Å². The normalized spacial score (nSPS) is 44.8. The summed E-state index contributed by atoms with van der Waals surface area (Å²) in [6.07, 6.45) is 5.64. The van der Waals surface area contributed by atoms with Gasteiger partial charge in [0, 0.05) is 6.04 Å². The maximum absolute atomic E-state index is 6.16. The van der Waals surface area contributed by atoms with Gasteiger partial charge in [0.2, 0.25) is 0 Å². The molecule has 2 N–H and O–H groups in total. The van der Waals surface area contributed by atoms with Crippen molar-refractivity contribution in [2.45, 2.75) is 59.4 Å². The molecule has 3 atom stereocenters. The molecule has 2 rings (SSSR count). The summed E-state index contributed by atoms with van der Waals surface area (Å²) >= 11 is 0. The van der Waals surface area contributed by atoms with Gasteiger partial charge in [0.05, 0.1) is 0 Å². The summed E-state index contributed by atoms with van der Waals surface area (Å²) in [4.78, 5) is 0. The number of hydrogen-bond donors (Lipinski definition) is 1. The van der Waals surface area contributed by atoms with E-state index in [0.717, 1.165) is 11.8 Å². The van der Waals surface area contributed by atoms with Crippen LogP contribution in [-0.2, 0) is 0 Å². The van der Waals surface area contributed by atoms with Crippen LogP contribution in [0.15, 0.2) is 0 Å². The summed E-state index contributed by atoms with van der Waals surface area (Å²) in [6, 6.07) is 0.474. The highest BCUT2D eigenvalue weighted by Gasteiger charge is 2.59. The van der Waals surface area contributed by atoms with Gasteiger partial charge in [-0.05, 0) is 35.5 Å². The van der Waals surface area contributed by atoms with Crippen molar-refractivity contribution in [3.63, 3.8) is 0 Å². The smallest absolute Gasteiger partial charge is 0.0130 e. The van der Waals surface area contributed by atoms with Crippen LogP contribution in [-0.4, -0.2) is 6.04 Å². The second-order valence-electron chi connectivity index (χ2n) is 6.89. The number of nitrogens with two attached hydrogens (primary N) is 1. The minimum Gasteiger partial charge on any atom is -0.327 e. The molecule has 0 radical (unpaired) electrons. The molecule has 2 aliphatic carbocycles. The summed E-state index contributed by atoms with van der Waals surface area (Å²) < 4.78 is 0. The van der Waals surface area contributed by atoms with E-state index >= 15 is 0 Å². The molecule has 0 aromatic carbocycles. The Hall–Kier alpha value is -0.0400. The average Bonchev–Trinajstić information content (AvgIpc) is 2.49. The van der Waals surface area contributed by atoms with Gasteiger partial charge < -0.3 is 5.73 Å². The van der Waals surface area contributed by atoms with Gasteiger partial charge in [0.1, 0.15) is 0 Å². The highest BCUT2D eigenvalue weighted by Crippen LogP contribution is 2.59. The van der Waals surface area contributed by atoms with Gasteiger partial charge >= 0.3 is 0 Å². The summed E-state index contributed by atoms with van der Waals surface area (Å²) in [5.41, 5.74) is 7.16. The van der Waals surface area contributed by atoms with E-state index in [4.69, 9.17) is 5.73 Å². The quantitative estimate of drug-likeness (QED) is 0.683. The second kappa shape index (κ2) is 2.98. The third-order valence-corrected chi connectivity index (χ3v) is 4.75. The molecule has 2 aliphatic rings. The lowest BCUT2D eigenvalue weighted by Gasteiger charge is -2.36. The van der Waals surface area contributed by atoms with Crippen LogP contribution in [0.3, 0.4) is 0 Å². The van der Waals surface area contributed by atoms with Crippen LogP contribution in [0.4, 0.5) is 0 Å². The van der Waals surface area contributed by atoms with Crippen LogP contribution in [0.25, 0.3) is 0 Å². The molecule has 1 nitrogen and oxygen atoms in total. The Kier molecular flexibility index (Phi) is 2.23. The first-order chi connectivity index (χ1) is 6.34. The first-order valence-corrected chi connectivity index (χ1v) is 6.10. The fourth-order valence-electron chi connectivity index (χ4n) is 3.68. The zero-order chi connectivity index (χ0) is 10.6. The molecular weight excluding hydrogens is 170 g/mol. The van der Waals surface area contributed by atoms with Crippen molar-refractivity contribution in [3.05, 3.63) is 0 Å². The van der Waals surface area contributed by atoms with E-state index in [2.05, 4.69) is 27.7 Å². The third-order valence-electron chi connectivity index (χ3n) is 4.75. The minimum atomic E-state index is 0.429. The van der Waals surface area contributed by atoms with Crippen LogP contribution < -0.4 is 5.73 Å². The van der Waals surface area contributed by atoms with E-state index in [1.807, 2.05) is 0 Å². The molecule has 14 heavy (non-hydrogen) atoms. The van der Waals surface area contributed by atoms with Gasteiger partial charge in [0.25, 0.3) is 0 Å². The monoisotopic (exact) mass is 195 g/mol. The first-order valence-electron chi connectivity index (χ1n) is 6.10. The zero-order valence-electron chi connectivity index (χ0n) is 10.1. The molecular formula is C13H25N. The molecule has 0 amide bonds. The Labute approximate surface area is 88.4 Å². The summed E-state index contributed by atoms with van der Waals surface area (Å²) in [5.74, 6) is 1.71. The van der Waals surface area contributed by atoms with Crippen LogP contribution in [0.5, 0.6) is 0 Å². The lowest BCUT2D eigenvalue weighted by atomic mass is 9.70. The topological polar surface area (TPSA) is 26.0 Å². The predicted molar refractivity (Wildman–Crippen MR) is 61.0 cm³/mol. The lowest BCUT2D eigenvalue weighted by molar-refractivity contribution is 0.154. The van der Waals surface area contributed by atoms with E-state index in [0.29, 0.717) is 16.9 Å². The zero-order valence-corrected chi connectivity index (χ0v) is 10.1. The van der Waals surface area contributed by atoms with E-state index in [1.54, 1.807) is 0 Å². The Bertz CT molecular complexity index is 227. The molecule has 82 valence electrons. The summed E-state index contributed by atoms with van der Waals surface area (Å²) in [7, 11) is 0.